The minimum atomic E-state index is -0.247. The van der Waals surface area contributed by atoms with Gasteiger partial charge in [-0.05, 0) is 25.8 Å². The Balaban J connectivity index is 0.00000364. The summed E-state index contributed by atoms with van der Waals surface area (Å²) in [5, 5.41) is 3.24. The molecule has 1 aromatic carbocycles. The third-order valence-electron chi connectivity index (χ3n) is 4.12. The number of likely N-dealkylation sites (tertiary alicyclic amines) is 1. The largest absolute Gasteiger partial charge is 0.489 e. The van der Waals surface area contributed by atoms with Crippen molar-refractivity contribution >= 4 is 36.0 Å². The summed E-state index contributed by atoms with van der Waals surface area (Å²) in [4.78, 5) is 17.8. The van der Waals surface area contributed by atoms with Crippen molar-refractivity contribution in [3.05, 3.63) is 42.5 Å². The summed E-state index contributed by atoms with van der Waals surface area (Å²) in [6, 6.07) is 7.94. The van der Waals surface area contributed by atoms with Crippen molar-refractivity contribution in [2.45, 2.75) is 32.4 Å². The Bertz CT molecular complexity index is 631. The van der Waals surface area contributed by atoms with Crippen LogP contribution in [0.3, 0.4) is 0 Å². The maximum absolute atomic E-state index is 11.7. The van der Waals surface area contributed by atoms with E-state index in [1.165, 1.54) is 0 Å². The number of halogens is 1. The molecule has 0 aromatic heterocycles. The van der Waals surface area contributed by atoms with Gasteiger partial charge in [0.05, 0.1) is 13.2 Å². The molecule has 0 spiro atoms. The molecule has 150 valence electrons. The molecule has 0 radical (unpaired) electrons. The molecule has 0 aliphatic carbocycles. The van der Waals surface area contributed by atoms with Gasteiger partial charge in [-0.1, -0.05) is 30.9 Å². The number of amides is 1. The molecule has 2 rings (SSSR count). The molecule has 1 amide bonds. The van der Waals surface area contributed by atoms with Crippen molar-refractivity contribution in [1.29, 1.82) is 0 Å². The van der Waals surface area contributed by atoms with E-state index in [2.05, 4.69) is 16.9 Å². The van der Waals surface area contributed by atoms with E-state index in [0.29, 0.717) is 38.8 Å². The number of nitrogens with one attached hydrogen (secondary N) is 1. The number of carbonyl (C=O) groups is 1. The number of hydrogen-bond acceptors (Lipinski definition) is 4. The summed E-state index contributed by atoms with van der Waals surface area (Å²) in [5.74, 6) is 1.19. The quantitative estimate of drug-likeness (QED) is 0.267. The SMILES string of the molecule is C=CCOc1ccccc1CN=C(N)NC1CCN(C(=O)OCC)CC1.I. The highest BCUT2D eigenvalue weighted by molar-refractivity contribution is 14.0. The summed E-state index contributed by atoms with van der Waals surface area (Å²) >= 11 is 0. The maximum atomic E-state index is 11.7. The van der Waals surface area contributed by atoms with E-state index in [1.54, 1.807) is 11.0 Å². The molecular formula is C19H29IN4O3. The fourth-order valence-corrected chi connectivity index (χ4v) is 2.77. The zero-order valence-electron chi connectivity index (χ0n) is 15.7. The Morgan fingerprint density at radius 1 is 1.41 bits per heavy atom. The van der Waals surface area contributed by atoms with Crippen molar-refractivity contribution in [3.8, 4) is 5.75 Å². The Kier molecular flexibility index (Phi) is 10.6. The lowest BCUT2D eigenvalue weighted by molar-refractivity contribution is 0.0963. The lowest BCUT2D eigenvalue weighted by Crippen LogP contribution is -2.48. The van der Waals surface area contributed by atoms with Crippen LogP contribution >= 0.6 is 24.0 Å². The molecule has 0 bridgehead atoms. The number of ether oxygens (including phenoxy) is 2. The number of guanidine groups is 1. The van der Waals surface area contributed by atoms with Crippen LogP contribution in [0.5, 0.6) is 5.75 Å². The van der Waals surface area contributed by atoms with Gasteiger partial charge in [0.25, 0.3) is 0 Å². The molecule has 1 saturated heterocycles. The molecule has 1 fully saturated rings. The molecule has 3 N–H and O–H groups in total. The molecule has 1 aliphatic heterocycles. The molecule has 27 heavy (non-hydrogen) atoms. The van der Waals surface area contributed by atoms with Gasteiger partial charge in [0.2, 0.25) is 0 Å². The van der Waals surface area contributed by atoms with E-state index >= 15 is 0 Å². The predicted octanol–water partition coefficient (Wildman–Crippen LogP) is 2.89. The third kappa shape index (κ3) is 7.66. The fourth-order valence-electron chi connectivity index (χ4n) is 2.77. The number of nitrogens with two attached hydrogens (primary N) is 1. The van der Waals surface area contributed by atoms with Gasteiger partial charge in [0.1, 0.15) is 12.4 Å². The van der Waals surface area contributed by atoms with E-state index in [9.17, 15) is 4.79 Å². The van der Waals surface area contributed by atoms with Crippen LogP contribution in [0.2, 0.25) is 0 Å². The Morgan fingerprint density at radius 2 is 2.11 bits per heavy atom. The van der Waals surface area contributed by atoms with Crippen molar-refractivity contribution in [3.63, 3.8) is 0 Å². The van der Waals surface area contributed by atoms with Gasteiger partial charge in [-0.15, -0.1) is 24.0 Å². The van der Waals surface area contributed by atoms with Gasteiger partial charge < -0.3 is 25.4 Å². The third-order valence-corrected chi connectivity index (χ3v) is 4.12. The van der Waals surface area contributed by atoms with Crippen LogP contribution in [0.15, 0.2) is 41.9 Å². The van der Waals surface area contributed by atoms with Crippen LogP contribution < -0.4 is 15.8 Å². The van der Waals surface area contributed by atoms with Crippen molar-refractivity contribution < 1.29 is 14.3 Å². The number of rotatable bonds is 7. The first-order valence-corrected chi connectivity index (χ1v) is 8.93. The van der Waals surface area contributed by atoms with Gasteiger partial charge in [0, 0.05) is 24.7 Å². The number of nitrogens with zero attached hydrogens (tertiary/aromatic N) is 2. The molecule has 1 aromatic rings. The highest BCUT2D eigenvalue weighted by atomic mass is 127. The second-order valence-electron chi connectivity index (χ2n) is 6.01. The van der Waals surface area contributed by atoms with Crippen LogP contribution in [0, 0.1) is 0 Å². The standard InChI is InChI=1S/C19H28N4O3.HI/c1-3-13-26-17-8-6-5-7-15(17)14-21-18(20)22-16-9-11-23(12-10-16)19(24)25-4-2;/h3,5-8,16H,1,4,9-14H2,2H3,(H3,20,21,22);1H. The summed E-state index contributed by atoms with van der Waals surface area (Å²) in [6.45, 7) is 8.06. The molecular weight excluding hydrogens is 459 g/mol. The van der Waals surface area contributed by atoms with Crippen LogP contribution in [0.25, 0.3) is 0 Å². The number of benzene rings is 1. The van der Waals surface area contributed by atoms with Crippen LogP contribution in [-0.4, -0.2) is 49.3 Å². The number of aliphatic imine (C=N–C) groups is 1. The second kappa shape index (κ2) is 12.4. The van der Waals surface area contributed by atoms with E-state index in [1.807, 2.05) is 31.2 Å². The van der Waals surface area contributed by atoms with E-state index in [-0.39, 0.29) is 36.1 Å². The second-order valence-corrected chi connectivity index (χ2v) is 6.01. The highest BCUT2D eigenvalue weighted by Gasteiger charge is 2.23. The van der Waals surface area contributed by atoms with Crippen molar-refractivity contribution in [1.82, 2.24) is 10.2 Å². The first kappa shape index (κ1) is 23.1. The zero-order chi connectivity index (χ0) is 18.8. The molecule has 8 heteroatoms. The topological polar surface area (TPSA) is 89.2 Å². The van der Waals surface area contributed by atoms with Gasteiger partial charge in [-0.2, -0.15) is 0 Å². The molecule has 1 aliphatic rings. The van der Waals surface area contributed by atoms with Gasteiger partial charge in [-0.25, -0.2) is 9.79 Å². The lowest BCUT2D eigenvalue weighted by Gasteiger charge is -2.31. The average Bonchev–Trinajstić information content (AvgIpc) is 2.66. The molecule has 1 heterocycles. The number of carbonyl (C=O) groups excluding carboxylic acids is 1. The Morgan fingerprint density at radius 3 is 2.78 bits per heavy atom. The zero-order valence-corrected chi connectivity index (χ0v) is 18.1. The van der Waals surface area contributed by atoms with Crippen LogP contribution in [0.4, 0.5) is 4.79 Å². The maximum Gasteiger partial charge on any atom is 0.409 e. The van der Waals surface area contributed by atoms with Crippen LogP contribution in [-0.2, 0) is 11.3 Å². The summed E-state index contributed by atoms with van der Waals surface area (Å²) in [5.41, 5.74) is 6.99. The summed E-state index contributed by atoms with van der Waals surface area (Å²) in [7, 11) is 0. The normalized spacial score (nSPS) is 14.9. The molecule has 0 saturated carbocycles. The molecule has 0 unspecified atom stereocenters. The number of para-hydroxylation sites is 1. The predicted molar refractivity (Wildman–Crippen MR) is 118 cm³/mol. The van der Waals surface area contributed by atoms with E-state index < -0.39 is 0 Å². The molecule has 7 nitrogen and oxygen atoms in total. The van der Waals surface area contributed by atoms with E-state index in [0.717, 1.165) is 24.2 Å². The number of hydrogen-bond donors (Lipinski definition) is 2. The van der Waals surface area contributed by atoms with Gasteiger partial charge >= 0.3 is 6.09 Å². The van der Waals surface area contributed by atoms with Gasteiger partial charge in [-0.3, -0.25) is 0 Å². The monoisotopic (exact) mass is 488 g/mol. The Hall–Kier alpha value is -1.97. The average molecular weight is 488 g/mol. The first-order chi connectivity index (χ1) is 12.6. The smallest absolute Gasteiger partial charge is 0.409 e. The number of piperidine rings is 1. The lowest BCUT2D eigenvalue weighted by atomic mass is 10.1. The van der Waals surface area contributed by atoms with Crippen molar-refractivity contribution in [2.75, 3.05) is 26.3 Å². The highest BCUT2D eigenvalue weighted by Crippen LogP contribution is 2.19. The van der Waals surface area contributed by atoms with Crippen LogP contribution in [0.1, 0.15) is 25.3 Å². The van der Waals surface area contributed by atoms with Gasteiger partial charge in [0.15, 0.2) is 5.96 Å². The fraction of sp³-hybridized carbons (Fsp3) is 0.474. The minimum Gasteiger partial charge on any atom is -0.489 e. The molecule has 0 atom stereocenters. The summed E-state index contributed by atoms with van der Waals surface area (Å²) in [6.07, 6.45) is 3.09. The van der Waals surface area contributed by atoms with E-state index in [4.69, 9.17) is 15.2 Å². The summed E-state index contributed by atoms with van der Waals surface area (Å²) < 4.78 is 10.6. The minimum absolute atomic E-state index is 0. The first-order valence-electron chi connectivity index (χ1n) is 8.93. The van der Waals surface area contributed by atoms with Crippen molar-refractivity contribution in [2.24, 2.45) is 10.7 Å². The Labute approximate surface area is 178 Å².